The van der Waals surface area contributed by atoms with Crippen molar-refractivity contribution >= 4 is 5.91 Å². The molecule has 0 radical (unpaired) electrons. The monoisotopic (exact) mass is 275 g/mol. The lowest BCUT2D eigenvalue weighted by Gasteiger charge is -2.16. The molecule has 2 heterocycles. The Morgan fingerprint density at radius 1 is 1.40 bits per heavy atom. The highest BCUT2D eigenvalue weighted by Gasteiger charge is 2.18. The van der Waals surface area contributed by atoms with Crippen LogP contribution in [0.3, 0.4) is 0 Å². The molecule has 108 valence electrons. The molecule has 0 spiro atoms. The van der Waals surface area contributed by atoms with Crippen LogP contribution in [-0.2, 0) is 20.1 Å². The van der Waals surface area contributed by atoms with Gasteiger partial charge in [0.25, 0.3) is 5.91 Å². The minimum atomic E-state index is -0.00884. The summed E-state index contributed by atoms with van der Waals surface area (Å²) in [6, 6.07) is 0. The fraction of sp³-hybridized carbons (Fsp3) is 0.500. The Morgan fingerprint density at radius 2 is 2.10 bits per heavy atom. The number of rotatable bonds is 4. The van der Waals surface area contributed by atoms with E-state index in [0.717, 1.165) is 23.5 Å². The van der Waals surface area contributed by atoms with Gasteiger partial charge in [0.15, 0.2) is 0 Å². The second-order valence-electron chi connectivity index (χ2n) is 5.02. The maximum Gasteiger partial charge on any atom is 0.257 e. The zero-order chi connectivity index (χ0) is 14.9. The molecule has 20 heavy (non-hydrogen) atoms. The van der Waals surface area contributed by atoms with Crippen LogP contribution in [0.15, 0.2) is 12.4 Å². The highest BCUT2D eigenvalue weighted by atomic mass is 16.2. The molecule has 0 aliphatic rings. The van der Waals surface area contributed by atoms with Gasteiger partial charge in [0.1, 0.15) is 0 Å². The van der Waals surface area contributed by atoms with Gasteiger partial charge in [-0.2, -0.15) is 10.2 Å². The summed E-state index contributed by atoms with van der Waals surface area (Å²) in [5.74, 6) is -0.00884. The van der Waals surface area contributed by atoms with Crippen LogP contribution >= 0.6 is 0 Å². The van der Waals surface area contributed by atoms with Crippen molar-refractivity contribution in [2.75, 3.05) is 7.05 Å². The molecule has 0 bridgehead atoms. The topological polar surface area (TPSA) is 56.0 Å². The van der Waals surface area contributed by atoms with E-state index in [4.69, 9.17) is 0 Å². The highest BCUT2D eigenvalue weighted by Crippen LogP contribution is 2.13. The lowest BCUT2D eigenvalue weighted by atomic mass is 10.2. The summed E-state index contributed by atoms with van der Waals surface area (Å²) >= 11 is 0. The van der Waals surface area contributed by atoms with Crippen molar-refractivity contribution in [3.63, 3.8) is 0 Å². The summed E-state index contributed by atoms with van der Waals surface area (Å²) in [5.41, 5.74) is 3.57. The van der Waals surface area contributed by atoms with Crippen molar-refractivity contribution in [2.45, 2.75) is 33.9 Å². The maximum absolute atomic E-state index is 12.5. The van der Waals surface area contributed by atoms with Gasteiger partial charge in [-0.05, 0) is 20.8 Å². The Kier molecular flexibility index (Phi) is 3.92. The number of hydrogen-bond acceptors (Lipinski definition) is 3. The van der Waals surface area contributed by atoms with Gasteiger partial charge in [0, 0.05) is 44.6 Å². The van der Waals surface area contributed by atoms with Gasteiger partial charge in [0.2, 0.25) is 0 Å². The first kappa shape index (κ1) is 14.3. The summed E-state index contributed by atoms with van der Waals surface area (Å²) in [6.07, 6.45) is 3.62. The Morgan fingerprint density at radius 3 is 2.60 bits per heavy atom. The van der Waals surface area contributed by atoms with Crippen molar-refractivity contribution in [1.29, 1.82) is 0 Å². The maximum atomic E-state index is 12.5. The molecule has 0 atom stereocenters. The summed E-state index contributed by atoms with van der Waals surface area (Å²) < 4.78 is 3.60. The zero-order valence-electron chi connectivity index (χ0n) is 12.7. The lowest BCUT2D eigenvalue weighted by molar-refractivity contribution is 0.0784. The van der Waals surface area contributed by atoms with Gasteiger partial charge in [-0.3, -0.25) is 14.2 Å². The number of nitrogens with zero attached hydrogens (tertiary/aromatic N) is 5. The largest absolute Gasteiger partial charge is 0.337 e. The van der Waals surface area contributed by atoms with Crippen LogP contribution in [0.5, 0.6) is 0 Å². The lowest BCUT2D eigenvalue weighted by Crippen LogP contribution is -2.26. The minimum absolute atomic E-state index is 0.00884. The summed E-state index contributed by atoms with van der Waals surface area (Å²) in [4.78, 5) is 14.2. The predicted octanol–water partition coefficient (Wildman–Crippen LogP) is 1.53. The van der Waals surface area contributed by atoms with Crippen LogP contribution in [0.2, 0.25) is 0 Å². The first-order valence-electron chi connectivity index (χ1n) is 6.71. The van der Waals surface area contributed by atoms with Gasteiger partial charge in [-0.15, -0.1) is 0 Å². The standard InChI is InChI=1S/C14H21N5O/c1-6-19-9-13(10(2)16-19)14(20)17(4)8-12-7-15-18(5)11(12)3/h7,9H,6,8H2,1-5H3. The number of amides is 1. The second kappa shape index (κ2) is 5.48. The normalized spacial score (nSPS) is 10.8. The van der Waals surface area contributed by atoms with Crippen molar-refractivity contribution in [1.82, 2.24) is 24.5 Å². The van der Waals surface area contributed by atoms with Crippen LogP contribution in [0.1, 0.15) is 34.2 Å². The number of aryl methyl sites for hydroxylation is 3. The highest BCUT2D eigenvalue weighted by molar-refractivity contribution is 5.94. The third-order valence-electron chi connectivity index (χ3n) is 3.59. The third-order valence-corrected chi connectivity index (χ3v) is 3.59. The van der Waals surface area contributed by atoms with Crippen molar-refractivity contribution in [3.8, 4) is 0 Å². The van der Waals surface area contributed by atoms with Gasteiger partial charge < -0.3 is 4.90 Å². The van der Waals surface area contributed by atoms with E-state index in [2.05, 4.69) is 10.2 Å². The number of hydrogen-bond donors (Lipinski definition) is 0. The Balaban J connectivity index is 2.16. The summed E-state index contributed by atoms with van der Waals surface area (Å²) in [5, 5.41) is 8.51. The summed E-state index contributed by atoms with van der Waals surface area (Å²) in [7, 11) is 3.70. The molecule has 2 aromatic rings. The molecule has 0 aliphatic carbocycles. The van der Waals surface area contributed by atoms with E-state index in [1.54, 1.807) is 22.8 Å². The molecular formula is C14H21N5O. The van der Waals surface area contributed by atoms with E-state index in [-0.39, 0.29) is 5.91 Å². The Labute approximate surface area is 119 Å². The third kappa shape index (κ3) is 2.59. The van der Waals surface area contributed by atoms with E-state index in [1.807, 2.05) is 38.7 Å². The molecule has 0 saturated heterocycles. The van der Waals surface area contributed by atoms with E-state index in [0.29, 0.717) is 12.1 Å². The average molecular weight is 275 g/mol. The van der Waals surface area contributed by atoms with Crippen molar-refractivity contribution in [2.24, 2.45) is 7.05 Å². The van der Waals surface area contributed by atoms with Gasteiger partial charge in [0.05, 0.1) is 17.5 Å². The molecule has 2 aromatic heterocycles. The quantitative estimate of drug-likeness (QED) is 0.850. The fourth-order valence-corrected chi connectivity index (χ4v) is 2.12. The van der Waals surface area contributed by atoms with Crippen LogP contribution in [0.25, 0.3) is 0 Å². The SMILES string of the molecule is CCn1cc(C(=O)N(C)Cc2cnn(C)c2C)c(C)n1. The molecule has 6 heteroatoms. The minimum Gasteiger partial charge on any atom is -0.337 e. The molecule has 0 aromatic carbocycles. The molecule has 1 amide bonds. The van der Waals surface area contributed by atoms with Crippen LogP contribution in [-0.4, -0.2) is 37.4 Å². The molecular weight excluding hydrogens is 254 g/mol. The summed E-state index contributed by atoms with van der Waals surface area (Å²) in [6.45, 7) is 7.18. The molecule has 2 rings (SSSR count). The smallest absolute Gasteiger partial charge is 0.257 e. The molecule has 0 aliphatic heterocycles. The number of carbonyl (C=O) groups excluding carboxylic acids is 1. The van der Waals surface area contributed by atoms with Crippen molar-refractivity contribution < 1.29 is 4.79 Å². The van der Waals surface area contributed by atoms with E-state index in [1.165, 1.54) is 0 Å². The van der Waals surface area contributed by atoms with Gasteiger partial charge in [-0.1, -0.05) is 0 Å². The molecule has 6 nitrogen and oxygen atoms in total. The number of carbonyl (C=O) groups is 1. The first-order chi connectivity index (χ1) is 9.43. The number of aromatic nitrogens is 4. The average Bonchev–Trinajstić information content (AvgIpc) is 2.95. The van der Waals surface area contributed by atoms with Crippen LogP contribution in [0.4, 0.5) is 0 Å². The Bertz CT molecular complexity index is 626. The van der Waals surface area contributed by atoms with E-state index < -0.39 is 0 Å². The molecule has 0 fully saturated rings. The first-order valence-corrected chi connectivity index (χ1v) is 6.71. The van der Waals surface area contributed by atoms with Crippen LogP contribution in [0, 0.1) is 13.8 Å². The van der Waals surface area contributed by atoms with Crippen molar-refractivity contribution in [3.05, 3.63) is 34.9 Å². The van der Waals surface area contributed by atoms with Crippen LogP contribution < -0.4 is 0 Å². The van der Waals surface area contributed by atoms with E-state index in [9.17, 15) is 4.79 Å². The zero-order valence-corrected chi connectivity index (χ0v) is 12.7. The fourth-order valence-electron chi connectivity index (χ4n) is 2.12. The van der Waals surface area contributed by atoms with Gasteiger partial charge >= 0.3 is 0 Å². The molecule has 0 unspecified atom stereocenters. The molecule has 0 N–H and O–H groups in total. The Hall–Kier alpha value is -2.11. The van der Waals surface area contributed by atoms with E-state index >= 15 is 0 Å². The molecule has 0 saturated carbocycles. The predicted molar refractivity (Wildman–Crippen MR) is 76.4 cm³/mol. The van der Waals surface area contributed by atoms with Gasteiger partial charge in [-0.25, -0.2) is 0 Å². The second-order valence-corrected chi connectivity index (χ2v) is 5.02.